The van der Waals surface area contributed by atoms with Gasteiger partial charge in [-0.2, -0.15) is 0 Å². The molecule has 0 spiro atoms. The second kappa shape index (κ2) is 8.01. The van der Waals surface area contributed by atoms with E-state index in [9.17, 15) is 4.79 Å². The van der Waals surface area contributed by atoms with Crippen LogP contribution in [0.1, 0.15) is 11.1 Å². The van der Waals surface area contributed by atoms with Crippen LogP contribution in [0.2, 0.25) is 0 Å². The zero-order chi connectivity index (χ0) is 18.5. The fourth-order valence-corrected chi connectivity index (χ4v) is 3.73. The molecule has 27 heavy (non-hydrogen) atoms. The minimum Gasteiger partial charge on any atom is -0.329 e. The topological polar surface area (TPSA) is 72.7 Å². The van der Waals surface area contributed by atoms with Crippen molar-refractivity contribution >= 4 is 35.0 Å². The molecule has 0 aliphatic rings. The van der Waals surface area contributed by atoms with Crippen LogP contribution < -0.4 is 5.32 Å². The molecule has 0 radical (unpaired) electrons. The van der Waals surface area contributed by atoms with Gasteiger partial charge in [0, 0.05) is 11.4 Å². The number of rotatable bonds is 7. The van der Waals surface area contributed by atoms with Gasteiger partial charge in [-0.1, -0.05) is 54.2 Å². The number of aromatic nitrogens is 4. The Morgan fingerprint density at radius 3 is 2.70 bits per heavy atom. The van der Waals surface area contributed by atoms with Gasteiger partial charge in [0.25, 0.3) is 0 Å². The molecule has 0 saturated heterocycles. The molecule has 0 atom stereocenters. The third-order valence-corrected chi connectivity index (χ3v) is 5.14. The Bertz CT molecular complexity index is 1060. The van der Waals surface area contributed by atoms with Gasteiger partial charge in [-0.05, 0) is 23.3 Å². The lowest BCUT2D eigenvalue weighted by atomic mass is 10.2. The van der Waals surface area contributed by atoms with Gasteiger partial charge >= 0.3 is 0 Å². The summed E-state index contributed by atoms with van der Waals surface area (Å²) < 4.78 is 1.99. The highest BCUT2D eigenvalue weighted by Crippen LogP contribution is 2.26. The molecule has 4 aromatic rings. The van der Waals surface area contributed by atoms with E-state index in [0.29, 0.717) is 13.0 Å². The average molecular weight is 375 g/mol. The summed E-state index contributed by atoms with van der Waals surface area (Å²) in [5, 5.41) is 3.55. The maximum absolute atomic E-state index is 10.6. The molecule has 0 unspecified atom stereocenters. The fraction of sp³-hybridized carbons (Fsp3) is 0.100. The van der Waals surface area contributed by atoms with Crippen LogP contribution in [-0.2, 0) is 17.1 Å². The van der Waals surface area contributed by atoms with Crippen LogP contribution in [0.3, 0.4) is 0 Å². The van der Waals surface area contributed by atoms with Crippen LogP contribution in [0.4, 0.5) is 5.69 Å². The third kappa shape index (κ3) is 3.98. The number of carbonyl (C=O) groups is 1. The predicted octanol–water partition coefficient (Wildman–Crippen LogP) is 3.74. The van der Waals surface area contributed by atoms with Crippen LogP contribution in [0, 0.1) is 0 Å². The van der Waals surface area contributed by atoms with Gasteiger partial charge < -0.3 is 9.88 Å². The largest absolute Gasteiger partial charge is 0.329 e. The Balaban J connectivity index is 1.57. The average Bonchev–Trinajstić information content (AvgIpc) is 3.11. The Kier molecular flexibility index (Phi) is 5.11. The van der Waals surface area contributed by atoms with Crippen molar-refractivity contribution < 1.29 is 4.79 Å². The van der Waals surface area contributed by atoms with Crippen LogP contribution >= 0.6 is 11.8 Å². The van der Waals surface area contributed by atoms with Crippen molar-refractivity contribution in [1.82, 2.24) is 19.5 Å². The van der Waals surface area contributed by atoms with Crippen LogP contribution in [0.5, 0.6) is 0 Å². The summed E-state index contributed by atoms with van der Waals surface area (Å²) in [6, 6.07) is 18.0. The van der Waals surface area contributed by atoms with Gasteiger partial charge in [-0.15, -0.1) is 0 Å². The minimum absolute atomic E-state index is 0.616. The summed E-state index contributed by atoms with van der Waals surface area (Å²) in [7, 11) is 0. The first-order valence-corrected chi connectivity index (χ1v) is 9.44. The standard InChI is InChI=1S/C20H17N5OS/c26-14-24-17-8-4-7-16(9-17)10-25-13-23-18-19(25)21-12-22-20(18)27-11-15-5-2-1-3-6-15/h1-9,12-14H,10-11H2,(H,24,26). The molecule has 1 N–H and O–H groups in total. The Morgan fingerprint density at radius 2 is 1.85 bits per heavy atom. The number of nitrogens with zero attached hydrogens (tertiary/aromatic N) is 4. The molecule has 0 aliphatic carbocycles. The fourth-order valence-electron chi connectivity index (χ4n) is 2.83. The molecule has 1 amide bonds. The van der Waals surface area contributed by atoms with E-state index in [1.807, 2.05) is 47.0 Å². The Labute approximate surface area is 160 Å². The highest BCUT2D eigenvalue weighted by atomic mass is 32.2. The number of anilines is 1. The quantitative estimate of drug-likeness (QED) is 0.303. The van der Waals surface area contributed by atoms with Crippen molar-refractivity contribution in [2.75, 3.05) is 5.32 Å². The molecule has 134 valence electrons. The highest BCUT2D eigenvalue weighted by Gasteiger charge is 2.11. The number of benzene rings is 2. The van der Waals surface area contributed by atoms with Gasteiger partial charge in [0.1, 0.15) is 16.9 Å². The number of hydrogen-bond donors (Lipinski definition) is 1. The van der Waals surface area contributed by atoms with Crippen molar-refractivity contribution in [2.45, 2.75) is 17.3 Å². The molecule has 2 aromatic carbocycles. The molecule has 6 nitrogen and oxygen atoms in total. The van der Waals surface area contributed by atoms with Crippen LogP contribution in [0.15, 0.2) is 72.3 Å². The lowest BCUT2D eigenvalue weighted by molar-refractivity contribution is -0.105. The van der Waals surface area contributed by atoms with Gasteiger partial charge in [0.05, 0.1) is 12.9 Å². The number of nitrogens with one attached hydrogen (secondary N) is 1. The first-order chi connectivity index (χ1) is 13.3. The number of hydrogen-bond acceptors (Lipinski definition) is 5. The first kappa shape index (κ1) is 17.2. The van der Waals surface area contributed by atoms with E-state index in [4.69, 9.17) is 0 Å². The molecule has 4 rings (SSSR count). The van der Waals surface area contributed by atoms with E-state index in [0.717, 1.165) is 33.2 Å². The van der Waals surface area contributed by atoms with Gasteiger partial charge in [0.15, 0.2) is 5.65 Å². The first-order valence-electron chi connectivity index (χ1n) is 8.45. The number of fused-ring (bicyclic) bond motifs is 1. The normalized spacial score (nSPS) is 10.8. The summed E-state index contributed by atoms with van der Waals surface area (Å²) >= 11 is 1.66. The van der Waals surface area contributed by atoms with Crippen molar-refractivity contribution in [3.63, 3.8) is 0 Å². The zero-order valence-corrected chi connectivity index (χ0v) is 15.3. The Morgan fingerprint density at radius 1 is 1.00 bits per heavy atom. The molecule has 0 saturated carbocycles. The number of thioether (sulfide) groups is 1. The highest BCUT2D eigenvalue weighted by molar-refractivity contribution is 7.98. The smallest absolute Gasteiger partial charge is 0.211 e. The predicted molar refractivity (Wildman–Crippen MR) is 107 cm³/mol. The van der Waals surface area contributed by atoms with E-state index in [-0.39, 0.29) is 0 Å². The summed E-state index contributed by atoms with van der Waals surface area (Å²) in [4.78, 5) is 24.0. The van der Waals surface area contributed by atoms with E-state index in [1.165, 1.54) is 5.56 Å². The monoisotopic (exact) mass is 375 g/mol. The molecular weight excluding hydrogens is 358 g/mol. The van der Waals surface area contributed by atoms with Crippen LogP contribution in [-0.4, -0.2) is 25.9 Å². The maximum Gasteiger partial charge on any atom is 0.211 e. The van der Waals surface area contributed by atoms with E-state index < -0.39 is 0 Å². The molecule has 0 bridgehead atoms. The van der Waals surface area contributed by atoms with Gasteiger partial charge in [0.2, 0.25) is 6.41 Å². The summed E-state index contributed by atoms with van der Waals surface area (Å²) in [5.41, 5.74) is 4.67. The molecule has 0 fully saturated rings. The maximum atomic E-state index is 10.6. The van der Waals surface area contributed by atoms with Crippen molar-refractivity contribution in [1.29, 1.82) is 0 Å². The summed E-state index contributed by atoms with van der Waals surface area (Å²) in [5.74, 6) is 0.833. The molecule has 7 heteroatoms. The molecule has 2 aromatic heterocycles. The van der Waals surface area contributed by atoms with E-state index in [2.05, 4.69) is 32.4 Å². The van der Waals surface area contributed by atoms with Gasteiger partial charge in [-0.25, -0.2) is 15.0 Å². The lowest BCUT2D eigenvalue weighted by Crippen LogP contribution is -2.01. The summed E-state index contributed by atoms with van der Waals surface area (Å²) in [6.45, 7) is 0.616. The second-order valence-corrected chi connectivity index (χ2v) is 6.92. The number of imidazole rings is 1. The zero-order valence-electron chi connectivity index (χ0n) is 14.4. The van der Waals surface area contributed by atoms with Gasteiger partial charge in [-0.3, -0.25) is 4.79 Å². The number of carbonyl (C=O) groups excluding carboxylic acids is 1. The Hall–Kier alpha value is -3.19. The van der Waals surface area contributed by atoms with Crippen molar-refractivity contribution in [3.05, 3.63) is 78.4 Å². The van der Waals surface area contributed by atoms with Crippen molar-refractivity contribution in [3.8, 4) is 0 Å². The molecule has 2 heterocycles. The minimum atomic E-state index is 0.616. The summed E-state index contributed by atoms with van der Waals surface area (Å²) in [6.07, 6.45) is 4.04. The second-order valence-electron chi connectivity index (χ2n) is 5.96. The van der Waals surface area contributed by atoms with Crippen molar-refractivity contribution in [2.24, 2.45) is 0 Å². The number of amides is 1. The van der Waals surface area contributed by atoms with E-state index in [1.54, 1.807) is 24.4 Å². The molecular formula is C20H17N5OS. The van der Waals surface area contributed by atoms with Crippen LogP contribution in [0.25, 0.3) is 11.2 Å². The SMILES string of the molecule is O=CNc1cccc(Cn2cnc3c(SCc4ccccc4)ncnc32)c1. The van der Waals surface area contributed by atoms with E-state index >= 15 is 0 Å². The lowest BCUT2D eigenvalue weighted by Gasteiger charge is -2.07. The molecule has 0 aliphatic heterocycles. The third-order valence-electron chi connectivity index (χ3n) is 4.09.